The topological polar surface area (TPSA) is 50.7 Å². The standard InChI is InChI=1S/C12H19NO3/c1-15-7-6-13-9-12(14)10-4-3-5-11(8-10)16-2/h3-5,8,12-14H,6-7,9H2,1-2H3. The predicted octanol–water partition coefficient (Wildman–Crippen LogP) is 0.965. The van der Waals surface area contributed by atoms with Gasteiger partial charge in [-0.05, 0) is 17.7 Å². The third-order valence-electron chi connectivity index (χ3n) is 2.30. The van der Waals surface area contributed by atoms with Crippen molar-refractivity contribution in [1.29, 1.82) is 0 Å². The molecule has 0 aliphatic carbocycles. The summed E-state index contributed by atoms with van der Waals surface area (Å²) in [6.07, 6.45) is -0.521. The largest absolute Gasteiger partial charge is 0.497 e. The zero-order valence-electron chi connectivity index (χ0n) is 9.77. The van der Waals surface area contributed by atoms with Gasteiger partial charge in [-0.25, -0.2) is 0 Å². The van der Waals surface area contributed by atoms with Gasteiger partial charge in [-0.3, -0.25) is 0 Å². The van der Waals surface area contributed by atoms with E-state index in [4.69, 9.17) is 9.47 Å². The van der Waals surface area contributed by atoms with Crippen LogP contribution < -0.4 is 10.1 Å². The minimum absolute atomic E-state index is 0.510. The van der Waals surface area contributed by atoms with Crippen molar-refractivity contribution in [3.8, 4) is 5.75 Å². The van der Waals surface area contributed by atoms with Crippen molar-refractivity contribution in [3.05, 3.63) is 29.8 Å². The predicted molar refractivity (Wildman–Crippen MR) is 62.7 cm³/mol. The third-order valence-corrected chi connectivity index (χ3v) is 2.30. The van der Waals surface area contributed by atoms with Gasteiger partial charge in [0.2, 0.25) is 0 Å². The quantitative estimate of drug-likeness (QED) is 0.679. The van der Waals surface area contributed by atoms with Crippen molar-refractivity contribution in [1.82, 2.24) is 5.32 Å². The van der Waals surface area contributed by atoms with E-state index in [0.29, 0.717) is 13.2 Å². The van der Waals surface area contributed by atoms with Crippen molar-refractivity contribution in [2.45, 2.75) is 6.10 Å². The lowest BCUT2D eigenvalue weighted by atomic mass is 10.1. The van der Waals surface area contributed by atoms with E-state index in [9.17, 15) is 5.11 Å². The van der Waals surface area contributed by atoms with Crippen LogP contribution in [0.1, 0.15) is 11.7 Å². The molecule has 0 radical (unpaired) electrons. The van der Waals surface area contributed by atoms with Crippen LogP contribution in [0.3, 0.4) is 0 Å². The molecule has 0 aliphatic rings. The van der Waals surface area contributed by atoms with Crippen LogP contribution in [-0.4, -0.2) is 39.0 Å². The zero-order valence-corrected chi connectivity index (χ0v) is 9.77. The normalized spacial score (nSPS) is 12.4. The summed E-state index contributed by atoms with van der Waals surface area (Å²) in [7, 11) is 3.27. The lowest BCUT2D eigenvalue weighted by Gasteiger charge is -2.12. The van der Waals surface area contributed by atoms with Crippen LogP contribution in [0.2, 0.25) is 0 Å². The number of nitrogens with one attached hydrogen (secondary N) is 1. The lowest BCUT2D eigenvalue weighted by Crippen LogP contribution is -2.24. The molecule has 4 nitrogen and oxygen atoms in total. The molecule has 16 heavy (non-hydrogen) atoms. The summed E-state index contributed by atoms with van der Waals surface area (Å²) < 4.78 is 10.00. The van der Waals surface area contributed by atoms with Gasteiger partial charge in [0.25, 0.3) is 0 Å². The van der Waals surface area contributed by atoms with Crippen molar-refractivity contribution >= 4 is 0 Å². The van der Waals surface area contributed by atoms with Crippen molar-refractivity contribution in [2.24, 2.45) is 0 Å². The van der Waals surface area contributed by atoms with Gasteiger partial charge in [0.15, 0.2) is 0 Å². The number of rotatable bonds is 7. The number of aliphatic hydroxyl groups is 1. The average molecular weight is 225 g/mol. The summed E-state index contributed by atoms with van der Waals surface area (Å²) in [5.41, 5.74) is 0.851. The van der Waals surface area contributed by atoms with Gasteiger partial charge in [-0.1, -0.05) is 12.1 Å². The lowest BCUT2D eigenvalue weighted by molar-refractivity contribution is 0.161. The summed E-state index contributed by atoms with van der Waals surface area (Å²) >= 11 is 0. The fourth-order valence-electron chi connectivity index (χ4n) is 1.38. The van der Waals surface area contributed by atoms with E-state index in [2.05, 4.69) is 5.32 Å². The second-order valence-corrected chi connectivity index (χ2v) is 3.49. The minimum Gasteiger partial charge on any atom is -0.497 e. The maximum atomic E-state index is 9.88. The van der Waals surface area contributed by atoms with Crippen molar-refractivity contribution in [2.75, 3.05) is 33.9 Å². The van der Waals surface area contributed by atoms with Gasteiger partial charge in [0.05, 0.1) is 19.8 Å². The zero-order chi connectivity index (χ0) is 11.8. The number of methoxy groups -OCH3 is 2. The molecule has 90 valence electrons. The Morgan fingerprint density at radius 3 is 2.88 bits per heavy atom. The first kappa shape index (κ1) is 13.0. The van der Waals surface area contributed by atoms with E-state index in [-0.39, 0.29) is 0 Å². The Kier molecular flexibility index (Phi) is 5.85. The number of benzene rings is 1. The first-order chi connectivity index (χ1) is 7.77. The molecular weight excluding hydrogens is 206 g/mol. The van der Waals surface area contributed by atoms with Gasteiger partial charge in [-0.2, -0.15) is 0 Å². The van der Waals surface area contributed by atoms with Gasteiger partial charge in [0.1, 0.15) is 5.75 Å². The molecule has 0 heterocycles. The fourth-order valence-corrected chi connectivity index (χ4v) is 1.38. The van der Waals surface area contributed by atoms with Gasteiger partial charge in [0, 0.05) is 20.2 Å². The Morgan fingerprint density at radius 2 is 2.19 bits per heavy atom. The summed E-state index contributed by atoms with van der Waals surface area (Å²) in [6, 6.07) is 7.44. The Bertz CT molecular complexity index is 304. The first-order valence-corrected chi connectivity index (χ1v) is 5.29. The van der Waals surface area contributed by atoms with E-state index in [1.165, 1.54) is 0 Å². The summed E-state index contributed by atoms with van der Waals surface area (Å²) in [5, 5.41) is 13.0. The number of aliphatic hydroxyl groups excluding tert-OH is 1. The second kappa shape index (κ2) is 7.22. The molecule has 1 rings (SSSR count). The van der Waals surface area contributed by atoms with Crippen molar-refractivity contribution in [3.63, 3.8) is 0 Å². The molecule has 4 heteroatoms. The molecule has 0 spiro atoms. The molecule has 0 aromatic heterocycles. The van der Waals surface area contributed by atoms with Gasteiger partial charge in [-0.15, -0.1) is 0 Å². The minimum atomic E-state index is -0.521. The van der Waals surface area contributed by atoms with Crippen LogP contribution in [-0.2, 0) is 4.74 Å². The highest BCUT2D eigenvalue weighted by atomic mass is 16.5. The first-order valence-electron chi connectivity index (χ1n) is 5.29. The molecule has 1 aromatic rings. The Hall–Kier alpha value is -1.10. The fraction of sp³-hybridized carbons (Fsp3) is 0.500. The van der Waals surface area contributed by atoms with Crippen LogP contribution in [0.5, 0.6) is 5.75 Å². The molecule has 0 bridgehead atoms. The van der Waals surface area contributed by atoms with Crippen LogP contribution in [0, 0.1) is 0 Å². The van der Waals surface area contributed by atoms with Crippen LogP contribution >= 0.6 is 0 Å². The van der Waals surface area contributed by atoms with E-state index in [0.717, 1.165) is 17.9 Å². The van der Waals surface area contributed by atoms with Gasteiger partial charge < -0.3 is 19.9 Å². The highest BCUT2D eigenvalue weighted by Gasteiger charge is 2.07. The Balaban J connectivity index is 2.42. The molecule has 0 fully saturated rings. The maximum absolute atomic E-state index is 9.88. The SMILES string of the molecule is COCCNCC(O)c1cccc(OC)c1. The maximum Gasteiger partial charge on any atom is 0.119 e. The summed E-state index contributed by atoms with van der Waals surface area (Å²) in [4.78, 5) is 0. The Labute approximate surface area is 96.2 Å². The van der Waals surface area contributed by atoms with E-state index >= 15 is 0 Å². The van der Waals surface area contributed by atoms with E-state index < -0.39 is 6.10 Å². The van der Waals surface area contributed by atoms with Crippen LogP contribution in [0.15, 0.2) is 24.3 Å². The molecule has 1 unspecified atom stereocenters. The molecule has 0 amide bonds. The van der Waals surface area contributed by atoms with Crippen LogP contribution in [0.4, 0.5) is 0 Å². The third kappa shape index (κ3) is 4.18. The Morgan fingerprint density at radius 1 is 1.38 bits per heavy atom. The van der Waals surface area contributed by atoms with Crippen LogP contribution in [0.25, 0.3) is 0 Å². The van der Waals surface area contributed by atoms with E-state index in [1.807, 2.05) is 24.3 Å². The second-order valence-electron chi connectivity index (χ2n) is 3.49. The molecule has 2 N–H and O–H groups in total. The smallest absolute Gasteiger partial charge is 0.119 e. The monoisotopic (exact) mass is 225 g/mol. The molecular formula is C12H19NO3. The van der Waals surface area contributed by atoms with Gasteiger partial charge >= 0.3 is 0 Å². The number of ether oxygens (including phenoxy) is 2. The molecule has 1 atom stereocenters. The summed E-state index contributed by atoms with van der Waals surface area (Å²) in [5.74, 6) is 0.758. The molecule has 0 aliphatic heterocycles. The highest BCUT2D eigenvalue weighted by Crippen LogP contribution is 2.18. The average Bonchev–Trinajstić information content (AvgIpc) is 2.34. The van der Waals surface area contributed by atoms with E-state index in [1.54, 1.807) is 14.2 Å². The van der Waals surface area contributed by atoms with Crippen molar-refractivity contribution < 1.29 is 14.6 Å². The summed E-state index contributed by atoms with van der Waals surface area (Å²) in [6.45, 7) is 1.89. The highest BCUT2D eigenvalue weighted by molar-refractivity contribution is 5.29. The molecule has 0 saturated carbocycles. The number of hydrogen-bond acceptors (Lipinski definition) is 4. The molecule has 0 saturated heterocycles. The number of hydrogen-bond donors (Lipinski definition) is 2. The molecule has 1 aromatic carbocycles.